The second kappa shape index (κ2) is 5.23. The third kappa shape index (κ3) is 3.58. The Morgan fingerprint density at radius 2 is 2.29 bits per heavy atom. The van der Waals surface area contributed by atoms with Gasteiger partial charge >= 0.3 is 0 Å². The van der Waals surface area contributed by atoms with Gasteiger partial charge in [-0.15, -0.1) is 0 Å². The lowest BCUT2D eigenvalue weighted by molar-refractivity contribution is 0.134. The maximum Gasteiger partial charge on any atom is 0.105 e. The van der Waals surface area contributed by atoms with Gasteiger partial charge in [0.1, 0.15) is 5.76 Å². The number of hydrogen-bond acceptors (Lipinski definition) is 3. The average molecular weight is 236 g/mol. The molecule has 1 aromatic heterocycles. The van der Waals surface area contributed by atoms with Gasteiger partial charge in [0.2, 0.25) is 0 Å². The Hall–Kier alpha value is -0.800. The molecule has 1 unspecified atom stereocenters. The van der Waals surface area contributed by atoms with Crippen molar-refractivity contribution in [1.82, 2.24) is 10.2 Å². The molecule has 96 valence electrons. The normalized spacial score (nSPS) is 22.9. The molecule has 0 radical (unpaired) electrons. The Kier molecular flexibility index (Phi) is 3.89. The van der Waals surface area contributed by atoms with Crippen LogP contribution in [0.25, 0.3) is 0 Å². The van der Waals surface area contributed by atoms with Gasteiger partial charge in [-0.05, 0) is 17.5 Å². The van der Waals surface area contributed by atoms with Crippen LogP contribution < -0.4 is 5.32 Å². The Balaban J connectivity index is 1.81. The summed E-state index contributed by atoms with van der Waals surface area (Å²) < 4.78 is 5.38. The highest BCUT2D eigenvalue weighted by atomic mass is 16.3. The Morgan fingerprint density at radius 3 is 2.94 bits per heavy atom. The zero-order valence-corrected chi connectivity index (χ0v) is 11.2. The fourth-order valence-electron chi connectivity index (χ4n) is 2.32. The van der Waals surface area contributed by atoms with Gasteiger partial charge in [0.05, 0.1) is 6.26 Å². The fraction of sp³-hybridized carbons (Fsp3) is 0.714. The summed E-state index contributed by atoms with van der Waals surface area (Å²) in [4.78, 5) is 2.54. The largest absolute Gasteiger partial charge is 0.469 e. The topological polar surface area (TPSA) is 28.4 Å². The van der Waals surface area contributed by atoms with Crippen LogP contribution in [0.5, 0.6) is 0 Å². The summed E-state index contributed by atoms with van der Waals surface area (Å²) in [5, 5.41) is 3.62. The van der Waals surface area contributed by atoms with Gasteiger partial charge in [-0.1, -0.05) is 20.8 Å². The molecule has 1 aliphatic heterocycles. The molecule has 0 saturated carbocycles. The highest BCUT2D eigenvalue weighted by Gasteiger charge is 2.28. The van der Waals surface area contributed by atoms with E-state index in [1.165, 1.54) is 0 Å². The lowest BCUT2D eigenvalue weighted by atomic mass is 9.85. The van der Waals surface area contributed by atoms with Crippen LogP contribution in [-0.4, -0.2) is 37.1 Å². The van der Waals surface area contributed by atoms with E-state index in [0.29, 0.717) is 11.5 Å². The van der Waals surface area contributed by atoms with Crippen molar-refractivity contribution < 1.29 is 4.42 Å². The molecule has 2 heterocycles. The predicted molar refractivity (Wildman–Crippen MR) is 70.1 cm³/mol. The van der Waals surface area contributed by atoms with E-state index in [9.17, 15) is 0 Å². The first-order valence-corrected chi connectivity index (χ1v) is 6.54. The van der Waals surface area contributed by atoms with Crippen molar-refractivity contribution in [1.29, 1.82) is 0 Å². The lowest BCUT2D eigenvalue weighted by Crippen LogP contribution is -2.56. The monoisotopic (exact) mass is 236 g/mol. The smallest absolute Gasteiger partial charge is 0.105 e. The number of nitrogens with zero attached hydrogens (tertiary/aromatic N) is 1. The number of furan rings is 1. The zero-order chi connectivity index (χ0) is 12.3. The summed E-state index contributed by atoms with van der Waals surface area (Å²) in [7, 11) is 0. The fourth-order valence-corrected chi connectivity index (χ4v) is 2.32. The van der Waals surface area contributed by atoms with Crippen molar-refractivity contribution in [3.63, 3.8) is 0 Å². The highest BCUT2D eigenvalue weighted by molar-refractivity contribution is 4.99. The van der Waals surface area contributed by atoms with Gasteiger partial charge in [0.15, 0.2) is 0 Å². The summed E-state index contributed by atoms with van der Waals surface area (Å²) in [5.74, 6) is 1.09. The van der Waals surface area contributed by atoms with E-state index in [-0.39, 0.29) is 0 Å². The minimum atomic E-state index is 0.337. The van der Waals surface area contributed by atoms with Gasteiger partial charge in [-0.2, -0.15) is 0 Å². The molecule has 1 saturated heterocycles. The van der Waals surface area contributed by atoms with Crippen LogP contribution >= 0.6 is 0 Å². The van der Waals surface area contributed by atoms with E-state index >= 15 is 0 Å². The number of piperazine rings is 1. The molecular formula is C14H24N2O. The van der Waals surface area contributed by atoms with Crippen LogP contribution in [0.1, 0.15) is 26.5 Å². The Labute approximate surface area is 104 Å². The van der Waals surface area contributed by atoms with Crippen molar-refractivity contribution in [2.45, 2.75) is 33.2 Å². The summed E-state index contributed by atoms with van der Waals surface area (Å²) >= 11 is 0. The molecule has 0 spiro atoms. The standard InChI is InChI=1S/C14H24N2O/c1-14(2,3)13-11-16(9-7-15-13)8-6-12-5-4-10-17-12/h4-5,10,13,15H,6-9,11H2,1-3H3. The van der Waals surface area contributed by atoms with Crippen LogP contribution in [0.4, 0.5) is 0 Å². The molecule has 0 amide bonds. The van der Waals surface area contributed by atoms with Gasteiger partial charge < -0.3 is 14.6 Å². The number of rotatable bonds is 3. The summed E-state index contributed by atoms with van der Waals surface area (Å²) in [5.41, 5.74) is 0.337. The van der Waals surface area contributed by atoms with E-state index in [1.54, 1.807) is 6.26 Å². The molecule has 0 aromatic carbocycles. The first-order chi connectivity index (χ1) is 8.05. The molecule has 2 rings (SSSR count). The van der Waals surface area contributed by atoms with Crippen molar-refractivity contribution in [2.75, 3.05) is 26.2 Å². The molecule has 0 aliphatic carbocycles. The van der Waals surface area contributed by atoms with Gasteiger partial charge in [-0.25, -0.2) is 0 Å². The number of hydrogen-bond donors (Lipinski definition) is 1. The van der Waals surface area contributed by atoms with Gasteiger partial charge in [-0.3, -0.25) is 0 Å². The Morgan fingerprint density at radius 1 is 1.47 bits per heavy atom. The van der Waals surface area contributed by atoms with E-state index < -0.39 is 0 Å². The van der Waals surface area contributed by atoms with Gasteiger partial charge in [0.25, 0.3) is 0 Å². The van der Waals surface area contributed by atoms with Crippen molar-refractivity contribution in [2.24, 2.45) is 5.41 Å². The second-order valence-corrected chi connectivity index (χ2v) is 6.00. The SMILES string of the molecule is CC(C)(C)C1CN(CCc2ccco2)CCN1. The average Bonchev–Trinajstić information content (AvgIpc) is 2.78. The third-order valence-electron chi connectivity index (χ3n) is 3.56. The van der Waals surface area contributed by atoms with E-state index in [0.717, 1.165) is 38.4 Å². The minimum absolute atomic E-state index is 0.337. The van der Waals surface area contributed by atoms with E-state index in [4.69, 9.17) is 4.42 Å². The first kappa shape index (κ1) is 12.7. The summed E-state index contributed by atoms with van der Waals surface area (Å²) in [6.07, 6.45) is 2.77. The molecular weight excluding hydrogens is 212 g/mol. The predicted octanol–water partition coefficient (Wildman–Crippen LogP) is 2.14. The molecule has 3 heteroatoms. The Bertz CT molecular complexity index is 326. The maximum atomic E-state index is 5.38. The van der Waals surface area contributed by atoms with E-state index in [2.05, 4.69) is 37.1 Å². The lowest BCUT2D eigenvalue weighted by Gasteiger charge is -2.40. The van der Waals surface area contributed by atoms with Crippen LogP contribution in [-0.2, 0) is 6.42 Å². The molecule has 1 aliphatic rings. The second-order valence-electron chi connectivity index (χ2n) is 6.00. The zero-order valence-electron chi connectivity index (χ0n) is 11.2. The first-order valence-electron chi connectivity index (χ1n) is 6.54. The van der Waals surface area contributed by atoms with Crippen molar-refractivity contribution >= 4 is 0 Å². The quantitative estimate of drug-likeness (QED) is 0.871. The molecule has 3 nitrogen and oxygen atoms in total. The molecule has 1 aromatic rings. The van der Waals surface area contributed by atoms with Gasteiger partial charge in [0, 0.05) is 38.6 Å². The molecule has 17 heavy (non-hydrogen) atoms. The van der Waals surface area contributed by atoms with Crippen molar-refractivity contribution in [3.8, 4) is 0 Å². The molecule has 1 N–H and O–H groups in total. The maximum absolute atomic E-state index is 5.38. The highest BCUT2D eigenvalue weighted by Crippen LogP contribution is 2.21. The molecule has 1 fully saturated rings. The third-order valence-corrected chi connectivity index (χ3v) is 3.56. The number of nitrogens with one attached hydrogen (secondary N) is 1. The molecule has 1 atom stereocenters. The molecule has 0 bridgehead atoms. The van der Waals surface area contributed by atoms with Crippen molar-refractivity contribution in [3.05, 3.63) is 24.2 Å². The van der Waals surface area contributed by atoms with Crippen LogP contribution in [0.15, 0.2) is 22.8 Å². The minimum Gasteiger partial charge on any atom is -0.469 e. The van der Waals surface area contributed by atoms with Crippen LogP contribution in [0, 0.1) is 5.41 Å². The van der Waals surface area contributed by atoms with E-state index in [1.807, 2.05) is 6.07 Å². The van der Waals surface area contributed by atoms with Crippen LogP contribution in [0.2, 0.25) is 0 Å². The summed E-state index contributed by atoms with van der Waals surface area (Å²) in [6.45, 7) is 11.4. The van der Waals surface area contributed by atoms with Crippen LogP contribution in [0.3, 0.4) is 0 Å². The summed E-state index contributed by atoms with van der Waals surface area (Å²) in [6, 6.07) is 4.61.